The molecule has 2 aromatic rings. The lowest BCUT2D eigenvalue weighted by atomic mass is 10.0. The van der Waals surface area contributed by atoms with E-state index in [-0.39, 0.29) is 0 Å². The molecule has 3 nitrogen and oxygen atoms in total. The lowest BCUT2D eigenvalue weighted by molar-refractivity contribution is -0.953. The molecule has 1 aliphatic rings. The van der Waals surface area contributed by atoms with Crippen LogP contribution in [0, 0.1) is 4.77 Å². The lowest BCUT2D eigenvalue weighted by Gasteiger charge is -2.30. The van der Waals surface area contributed by atoms with Gasteiger partial charge in [0, 0.05) is 36.3 Å². The van der Waals surface area contributed by atoms with Gasteiger partial charge in [-0.3, -0.25) is 4.57 Å². The quantitative estimate of drug-likeness (QED) is 0.828. The van der Waals surface area contributed by atoms with E-state index in [1.54, 1.807) is 9.78 Å². The summed E-state index contributed by atoms with van der Waals surface area (Å²) in [5.41, 5.74) is 1.53. The molecule has 0 aliphatic carbocycles. The standard InChI is InChI=1S/C13H17N3S2/c1-10-11-4-8-18-12(11)3-5-15(10)9-16-7-6-14(2)13(16)17/h4,6-8,10H,3,5,9H2,1-2H3/p+1/t10-/m0/s1. The molecule has 3 rings (SSSR count). The van der Waals surface area contributed by atoms with E-state index >= 15 is 0 Å². The maximum absolute atomic E-state index is 5.41. The number of hydrogen-bond donors (Lipinski definition) is 1. The molecule has 1 aliphatic heterocycles. The first kappa shape index (κ1) is 12.1. The van der Waals surface area contributed by atoms with E-state index in [0.29, 0.717) is 6.04 Å². The van der Waals surface area contributed by atoms with Crippen molar-refractivity contribution < 1.29 is 4.90 Å². The summed E-state index contributed by atoms with van der Waals surface area (Å²) >= 11 is 7.31. The van der Waals surface area contributed by atoms with Gasteiger partial charge < -0.3 is 9.47 Å². The Kier molecular flexibility index (Phi) is 3.13. The Morgan fingerprint density at radius 2 is 2.33 bits per heavy atom. The first-order valence-electron chi connectivity index (χ1n) is 6.29. The summed E-state index contributed by atoms with van der Waals surface area (Å²) in [6, 6.07) is 2.86. The zero-order valence-corrected chi connectivity index (χ0v) is 12.4. The van der Waals surface area contributed by atoms with Gasteiger partial charge in [0.2, 0.25) is 0 Å². The van der Waals surface area contributed by atoms with Gasteiger partial charge in [0.25, 0.3) is 0 Å². The fourth-order valence-corrected chi connectivity index (χ4v) is 3.88. The van der Waals surface area contributed by atoms with Crippen molar-refractivity contribution in [2.75, 3.05) is 6.54 Å². The van der Waals surface area contributed by atoms with Crippen LogP contribution < -0.4 is 4.90 Å². The van der Waals surface area contributed by atoms with Gasteiger partial charge in [-0.2, -0.15) is 0 Å². The molecule has 2 aromatic heterocycles. The smallest absolute Gasteiger partial charge is 0.183 e. The maximum Gasteiger partial charge on any atom is 0.183 e. The van der Waals surface area contributed by atoms with Crippen LogP contribution in [0.4, 0.5) is 0 Å². The van der Waals surface area contributed by atoms with Crippen molar-refractivity contribution in [3.8, 4) is 0 Å². The summed E-state index contributed by atoms with van der Waals surface area (Å²) < 4.78 is 5.09. The molecule has 1 N–H and O–H groups in total. The first-order chi connectivity index (χ1) is 8.66. The van der Waals surface area contributed by atoms with Crippen molar-refractivity contribution in [2.24, 2.45) is 7.05 Å². The number of quaternary nitrogens is 1. The van der Waals surface area contributed by atoms with Crippen LogP contribution in [0.15, 0.2) is 23.8 Å². The average molecular weight is 280 g/mol. The molecule has 1 unspecified atom stereocenters. The largest absolute Gasteiger partial charge is 0.327 e. The van der Waals surface area contributed by atoms with Crippen molar-refractivity contribution >= 4 is 23.6 Å². The Labute approximate surface area is 116 Å². The summed E-state index contributed by atoms with van der Waals surface area (Å²) in [5.74, 6) is 0. The number of fused-ring (bicyclic) bond motifs is 1. The van der Waals surface area contributed by atoms with Gasteiger partial charge in [-0.1, -0.05) is 0 Å². The van der Waals surface area contributed by atoms with Crippen LogP contribution in [0.3, 0.4) is 0 Å². The number of thiophene rings is 1. The fourth-order valence-electron chi connectivity index (χ4n) is 2.72. The van der Waals surface area contributed by atoms with Crippen LogP contribution in [0.5, 0.6) is 0 Å². The normalized spacial score (nSPS) is 23.0. The van der Waals surface area contributed by atoms with E-state index in [1.807, 2.05) is 29.1 Å². The molecule has 96 valence electrons. The predicted molar refractivity (Wildman–Crippen MR) is 76.5 cm³/mol. The summed E-state index contributed by atoms with van der Waals surface area (Å²) in [6.45, 7) is 4.49. The number of nitrogens with zero attached hydrogens (tertiary/aromatic N) is 2. The Hall–Kier alpha value is -0.910. The van der Waals surface area contributed by atoms with Crippen molar-refractivity contribution in [1.82, 2.24) is 9.13 Å². The molecule has 0 spiro atoms. The number of aromatic nitrogens is 2. The molecule has 5 heteroatoms. The zero-order chi connectivity index (χ0) is 12.7. The third-order valence-electron chi connectivity index (χ3n) is 3.92. The topological polar surface area (TPSA) is 14.3 Å². The number of aryl methyl sites for hydroxylation is 1. The van der Waals surface area contributed by atoms with Gasteiger partial charge in [-0.25, -0.2) is 0 Å². The molecule has 0 amide bonds. The molecule has 2 atom stereocenters. The van der Waals surface area contributed by atoms with Gasteiger partial charge in [0.05, 0.1) is 6.54 Å². The highest BCUT2D eigenvalue weighted by molar-refractivity contribution is 7.71. The molecular formula is C13H18N3S2+. The molecule has 0 bridgehead atoms. The second-order valence-electron chi connectivity index (χ2n) is 5.00. The van der Waals surface area contributed by atoms with E-state index in [1.165, 1.54) is 18.5 Å². The Balaban J connectivity index is 1.83. The highest BCUT2D eigenvalue weighted by atomic mass is 32.1. The van der Waals surface area contributed by atoms with Gasteiger partial charge in [-0.05, 0) is 30.6 Å². The minimum Gasteiger partial charge on any atom is -0.327 e. The molecule has 0 saturated carbocycles. The minimum absolute atomic E-state index is 0.571. The predicted octanol–water partition coefficient (Wildman–Crippen LogP) is 1.78. The van der Waals surface area contributed by atoms with E-state index in [0.717, 1.165) is 11.4 Å². The molecule has 0 aromatic carbocycles. The number of hydrogen-bond acceptors (Lipinski definition) is 2. The molecule has 18 heavy (non-hydrogen) atoms. The first-order valence-corrected chi connectivity index (χ1v) is 7.58. The molecule has 0 saturated heterocycles. The maximum atomic E-state index is 5.41. The molecular weight excluding hydrogens is 262 g/mol. The van der Waals surface area contributed by atoms with Crippen LogP contribution >= 0.6 is 23.6 Å². The van der Waals surface area contributed by atoms with E-state index < -0.39 is 0 Å². The number of nitrogens with one attached hydrogen (secondary N) is 1. The molecule has 0 radical (unpaired) electrons. The van der Waals surface area contributed by atoms with Gasteiger partial charge >= 0.3 is 0 Å². The van der Waals surface area contributed by atoms with E-state index in [4.69, 9.17) is 12.2 Å². The van der Waals surface area contributed by atoms with Gasteiger partial charge in [0.15, 0.2) is 11.4 Å². The Morgan fingerprint density at radius 3 is 3.06 bits per heavy atom. The Morgan fingerprint density at radius 1 is 1.50 bits per heavy atom. The lowest BCUT2D eigenvalue weighted by Crippen LogP contribution is -3.12. The van der Waals surface area contributed by atoms with Crippen LogP contribution in [0.25, 0.3) is 0 Å². The molecule has 3 heterocycles. The van der Waals surface area contributed by atoms with Gasteiger partial charge in [-0.15, -0.1) is 11.3 Å². The van der Waals surface area contributed by atoms with Crippen LogP contribution in [0.2, 0.25) is 0 Å². The summed E-state index contributed by atoms with van der Waals surface area (Å²) in [6.07, 6.45) is 5.32. The van der Waals surface area contributed by atoms with Crippen LogP contribution in [-0.2, 0) is 20.1 Å². The summed E-state index contributed by atoms with van der Waals surface area (Å²) in [4.78, 5) is 3.17. The highest BCUT2D eigenvalue weighted by Gasteiger charge is 2.28. The van der Waals surface area contributed by atoms with E-state index in [2.05, 4.69) is 29.1 Å². The average Bonchev–Trinajstić information content (AvgIpc) is 2.95. The summed E-state index contributed by atoms with van der Waals surface area (Å²) in [5, 5.41) is 2.22. The van der Waals surface area contributed by atoms with Crippen molar-refractivity contribution in [3.05, 3.63) is 39.1 Å². The van der Waals surface area contributed by atoms with Gasteiger partial charge in [0.1, 0.15) is 6.04 Å². The number of imidazole rings is 1. The number of rotatable bonds is 2. The highest BCUT2D eigenvalue weighted by Crippen LogP contribution is 2.24. The van der Waals surface area contributed by atoms with Crippen LogP contribution in [-0.4, -0.2) is 15.7 Å². The molecule has 0 fully saturated rings. The van der Waals surface area contributed by atoms with Crippen molar-refractivity contribution in [2.45, 2.75) is 26.1 Å². The summed E-state index contributed by atoms with van der Waals surface area (Å²) in [7, 11) is 2.00. The Bertz CT molecular complexity index is 608. The third kappa shape index (κ3) is 1.96. The SMILES string of the molecule is C[C@H]1c2ccsc2CC[NH+]1Cn1ccn(C)c1=S. The van der Waals surface area contributed by atoms with Crippen LogP contribution in [0.1, 0.15) is 23.4 Å². The third-order valence-corrected chi connectivity index (χ3v) is 5.44. The second kappa shape index (κ2) is 4.64. The van der Waals surface area contributed by atoms with Crippen molar-refractivity contribution in [1.29, 1.82) is 0 Å². The zero-order valence-electron chi connectivity index (χ0n) is 10.7. The fraction of sp³-hybridized carbons (Fsp3) is 0.462. The second-order valence-corrected chi connectivity index (χ2v) is 6.36. The monoisotopic (exact) mass is 280 g/mol. The van der Waals surface area contributed by atoms with Crippen molar-refractivity contribution in [3.63, 3.8) is 0 Å². The minimum atomic E-state index is 0.571. The van der Waals surface area contributed by atoms with E-state index in [9.17, 15) is 0 Å².